The lowest BCUT2D eigenvalue weighted by Crippen LogP contribution is -2.68. The molecule has 0 aromatic rings. The fourth-order valence-electron chi connectivity index (χ4n) is 1.48. The molecular formula is C7H7FN2O3S. The van der Waals surface area contributed by atoms with Crippen molar-refractivity contribution in [3.05, 3.63) is 11.5 Å². The summed E-state index contributed by atoms with van der Waals surface area (Å²) >= 11 is 1.14. The van der Waals surface area contributed by atoms with E-state index in [9.17, 15) is 14.0 Å². The van der Waals surface area contributed by atoms with Crippen LogP contribution in [0.15, 0.2) is 11.5 Å². The Balaban J connectivity index is 2.37. The Kier molecular flexibility index (Phi) is 2.00. The maximum Gasteiger partial charge on any atom is 0.355 e. The van der Waals surface area contributed by atoms with Crippen molar-refractivity contribution in [3.63, 3.8) is 0 Å². The normalized spacial score (nSPS) is 31.3. The van der Waals surface area contributed by atoms with Gasteiger partial charge in [0, 0.05) is 5.75 Å². The number of halogens is 1. The van der Waals surface area contributed by atoms with Crippen molar-refractivity contribution in [3.8, 4) is 0 Å². The van der Waals surface area contributed by atoms with E-state index in [1.807, 2.05) is 0 Å². The van der Waals surface area contributed by atoms with Crippen molar-refractivity contribution in [1.29, 1.82) is 0 Å². The third kappa shape index (κ3) is 1.05. The number of carbonyl (C=O) groups excluding carboxylic acids is 1. The minimum atomic E-state index is -1.42. The van der Waals surface area contributed by atoms with Gasteiger partial charge in [0.15, 0.2) is 5.70 Å². The van der Waals surface area contributed by atoms with E-state index in [1.165, 1.54) is 0 Å². The number of nitrogens with two attached hydrogens (primary N) is 1. The molecule has 14 heavy (non-hydrogen) atoms. The van der Waals surface area contributed by atoms with E-state index in [-0.39, 0.29) is 5.75 Å². The SMILES string of the molecule is NC1C(=O)N2C(C(=O)O)=C(F)CSC12. The average Bonchev–Trinajstić information content (AvgIpc) is 2.15. The molecule has 1 saturated heterocycles. The van der Waals surface area contributed by atoms with E-state index in [2.05, 4.69) is 0 Å². The second kappa shape index (κ2) is 2.96. The highest BCUT2D eigenvalue weighted by Crippen LogP contribution is 2.39. The number of aliphatic carboxylic acids is 1. The van der Waals surface area contributed by atoms with Crippen LogP contribution in [0.2, 0.25) is 0 Å². The quantitative estimate of drug-likeness (QED) is 0.579. The van der Waals surface area contributed by atoms with E-state index < -0.39 is 34.8 Å². The summed E-state index contributed by atoms with van der Waals surface area (Å²) in [5, 5.41) is 8.27. The van der Waals surface area contributed by atoms with Crippen LogP contribution < -0.4 is 5.73 Å². The topological polar surface area (TPSA) is 83.6 Å². The van der Waals surface area contributed by atoms with E-state index in [0.717, 1.165) is 16.7 Å². The number of carboxylic acids is 1. The molecule has 1 amide bonds. The van der Waals surface area contributed by atoms with Gasteiger partial charge in [0.1, 0.15) is 17.2 Å². The summed E-state index contributed by atoms with van der Waals surface area (Å²) in [4.78, 5) is 22.8. The summed E-state index contributed by atoms with van der Waals surface area (Å²) in [6, 6.07) is -0.706. The minimum Gasteiger partial charge on any atom is -0.476 e. The Morgan fingerprint density at radius 2 is 2.36 bits per heavy atom. The van der Waals surface area contributed by atoms with Gasteiger partial charge in [-0.2, -0.15) is 0 Å². The number of carboxylic acid groups (broad SMARTS) is 1. The predicted octanol–water partition coefficient (Wildman–Crippen LogP) is -0.505. The zero-order valence-corrected chi connectivity index (χ0v) is 7.75. The van der Waals surface area contributed by atoms with Crippen molar-refractivity contribution >= 4 is 23.6 Å². The molecule has 2 aliphatic rings. The number of hydrogen-bond acceptors (Lipinski definition) is 4. The van der Waals surface area contributed by atoms with Crippen LogP contribution in [0.1, 0.15) is 0 Å². The molecule has 76 valence electrons. The molecule has 2 aliphatic heterocycles. The summed E-state index contributed by atoms with van der Waals surface area (Å²) in [7, 11) is 0. The van der Waals surface area contributed by atoms with E-state index in [0.29, 0.717) is 0 Å². The molecule has 7 heteroatoms. The summed E-state index contributed by atoms with van der Waals surface area (Å²) in [6.45, 7) is 0. The van der Waals surface area contributed by atoms with Gasteiger partial charge in [-0.25, -0.2) is 9.18 Å². The maximum atomic E-state index is 13.1. The predicted molar refractivity (Wildman–Crippen MR) is 46.8 cm³/mol. The highest BCUT2D eigenvalue weighted by atomic mass is 32.2. The fourth-order valence-corrected chi connectivity index (χ4v) is 2.61. The standard InChI is InChI=1S/C7H7FN2O3S/c8-2-1-14-6-3(9)5(11)10(6)4(2)7(12)13/h3,6H,1,9H2,(H,12,13). The molecule has 2 heterocycles. The molecule has 2 rings (SSSR count). The Morgan fingerprint density at radius 3 is 2.93 bits per heavy atom. The van der Waals surface area contributed by atoms with E-state index in [4.69, 9.17) is 10.8 Å². The van der Waals surface area contributed by atoms with Crippen molar-refractivity contribution in [2.24, 2.45) is 5.73 Å². The molecule has 0 radical (unpaired) electrons. The lowest BCUT2D eigenvalue weighted by molar-refractivity contribution is -0.148. The van der Waals surface area contributed by atoms with Gasteiger partial charge in [0.25, 0.3) is 0 Å². The Hall–Kier alpha value is -1.08. The molecular weight excluding hydrogens is 211 g/mol. The number of carbonyl (C=O) groups is 2. The monoisotopic (exact) mass is 218 g/mol. The number of β-lactam (4-membered cyclic amide) rings is 1. The molecule has 5 nitrogen and oxygen atoms in total. The van der Waals surface area contributed by atoms with Crippen molar-refractivity contribution < 1.29 is 19.1 Å². The van der Waals surface area contributed by atoms with Crippen LogP contribution in [-0.4, -0.2) is 39.1 Å². The molecule has 0 aliphatic carbocycles. The van der Waals surface area contributed by atoms with Crippen LogP contribution in [0, 0.1) is 0 Å². The van der Waals surface area contributed by atoms with Crippen LogP contribution in [0.5, 0.6) is 0 Å². The number of hydrogen-bond donors (Lipinski definition) is 2. The van der Waals surface area contributed by atoms with E-state index >= 15 is 0 Å². The first-order valence-electron chi connectivity index (χ1n) is 3.86. The number of thioether (sulfide) groups is 1. The van der Waals surface area contributed by atoms with Crippen LogP contribution >= 0.6 is 11.8 Å². The lowest BCUT2D eigenvalue weighted by Gasteiger charge is -2.46. The number of amides is 1. The first-order valence-corrected chi connectivity index (χ1v) is 4.91. The molecule has 0 aromatic carbocycles. The number of fused-ring (bicyclic) bond motifs is 1. The second-order valence-corrected chi connectivity index (χ2v) is 4.10. The Morgan fingerprint density at radius 1 is 1.71 bits per heavy atom. The maximum absolute atomic E-state index is 13.1. The van der Waals surface area contributed by atoms with Gasteiger partial charge in [0.05, 0.1) is 0 Å². The average molecular weight is 218 g/mol. The largest absolute Gasteiger partial charge is 0.476 e. The van der Waals surface area contributed by atoms with Crippen molar-refractivity contribution in [1.82, 2.24) is 4.90 Å². The van der Waals surface area contributed by atoms with Crippen LogP contribution in [0.3, 0.4) is 0 Å². The molecule has 0 spiro atoms. The molecule has 2 unspecified atom stereocenters. The first kappa shape index (κ1) is 9.47. The second-order valence-electron chi connectivity index (χ2n) is 2.99. The van der Waals surface area contributed by atoms with Crippen molar-refractivity contribution in [2.75, 3.05) is 5.75 Å². The Labute approximate surface area is 82.7 Å². The zero-order valence-electron chi connectivity index (χ0n) is 6.94. The fraction of sp³-hybridized carbons (Fsp3) is 0.429. The summed E-state index contributed by atoms with van der Waals surface area (Å²) in [6.07, 6.45) is 0. The molecule has 0 saturated carbocycles. The van der Waals surface area contributed by atoms with Gasteiger partial charge in [-0.15, -0.1) is 11.8 Å². The van der Waals surface area contributed by atoms with Crippen LogP contribution in [-0.2, 0) is 9.59 Å². The highest BCUT2D eigenvalue weighted by molar-refractivity contribution is 8.00. The zero-order chi connectivity index (χ0) is 10.5. The van der Waals surface area contributed by atoms with Gasteiger partial charge in [-0.1, -0.05) is 0 Å². The summed E-state index contributed by atoms with van der Waals surface area (Å²) in [5.74, 6) is -2.77. The van der Waals surface area contributed by atoms with Gasteiger partial charge >= 0.3 is 5.97 Å². The van der Waals surface area contributed by atoms with Crippen molar-refractivity contribution in [2.45, 2.75) is 11.4 Å². The summed E-state index contributed by atoms with van der Waals surface area (Å²) < 4.78 is 13.1. The summed E-state index contributed by atoms with van der Waals surface area (Å²) in [5.41, 5.74) is 4.88. The van der Waals surface area contributed by atoms with Crippen LogP contribution in [0.25, 0.3) is 0 Å². The molecule has 0 aromatic heterocycles. The smallest absolute Gasteiger partial charge is 0.355 e. The third-order valence-electron chi connectivity index (χ3n) is 2.17. The number of rotatable bonds is 1. The molecule has 0 bridgehead atoms. The molecule has 2 atom stereocenters. The van der Waals surface area contributed by atoms with E-state index in [1.54, 1.807) is 0 Å². The van der Waals surface area contributed by atoms with Gasteiger partial charge < -0.3 is 10.8 Å². The third-order valence-corrected chi connectivity index (χ3v) is 3.43. The minimum absolute atomic E-state index is 0.0379. The Bertz CT molecular complexity index is 357. The van der Waals surface area contributed by atoms with Gasteiger partial charge in [-0.05, 0) is 0 Å². The van der Waals surface area contributed by atoms with Gasteiger partial charge in [0.2, 0.25) is 5.91 Å². The van der Waals surface area contributed by atoms with Gasteiger partial charge in [-0.3, -0.25) is 9.69 Å². The van der Waals surface area contributed by atoms with Crippen LogP contribution in [0.4, 0.5) is 4.39 Å². The lowest BCUT2D eigenvalue weighted by atomic mass is 10.1. The molecule has 1 fully saturated rings. The number of nitrogens with zero attached hydrogens (tertiary/aromatic N) is 1. The molecule has 3 N–H and O–H groups in total. The first-order chi connectivity index (χ1) is 6.54. The highest BCUT2D eigenvalue weighted by Gasteiger charge is 2.52.